The van der Waals surface area contributed by atoms with E-state index in [2.05, 4.69) is 16.5 Å². The summed E-state index contributed by atoms with van der Waals surface area (Å²) in [5, 5.41) is 0. The lowest BCUT2D eigenvalue weighted by Crippen LogP contribution is -2.14. The molecular weight excluding hydrogens is 318 g/mol. The van der Waals surface area contributed by atoms with E-state index >= 15 is 0 Å². The highest BCUT2D eigenvalue weighted by atomic mass is 19.2. The molecule has 1 aliphatic rings. The summed E-state index contributed by atoms with van der Waals surface area (Å²) in [6.07, 6.45) is 14.1. The molecule has 0 unspecified atom stereocenters. The van der Waals surface area contributed by atoms with Gasteiger partial charge in [-0.25, -0.2) is 18.7 Å². The van der Waals surface area contributed by atoms with Gasteiger partial charge in [0.2, 0.25) is 0 Å². The molecule has 0 N–H and O–H groups in total. The molecule has 25 heavy (non-hydrogen) atoms. The van der Waals surface area contributed by atoms with Gasteiger partial charge >= 0.3 is 0 Å². The predicted octanol–water partition coefficient (Wildman–Crippen LogP) is 5.74. The number of benzene rings is 1. The van der Waals surface area contributed by atoms with Gasteiger partial charge in [0.15, 0.2) is 17.5 Å². The van der Waals surface area contributed by atoms with Gasteiger partial charge in [-0.3, -0.25) is 0 Å². The van der Waals surface area contributed by atoms with Crippen molar-refractivity contribution in [3.8, 4) is 11.4 Å². The lowest BCUT2D eigenvalue weighted by molar-refractivity contribution is 0.265. The van der Waals surface area contributed by atoms with Crippen molar-refractivity contribution in [1.29, 1.82) is 0 Å². The molecule has 0 spiro atoms. The zero-order chi connectivity index (χ0) is 17.6. The topological polar surface area (TPSA) is 25.8 Å². The first-order chi connectivity index (χ1) is 12.2. The van der Waals surface area contributed by atoms with Crippen molar-refractivity contribution in [2.75, 3.05) is 0 Å². The number of hydrogen-bond acceptors (Lipinski definition) is 2. The summed E-state index contributed by atoms with van der Waals surface area (Å²) < 4.78 is 26.3. The third kappa shape index (κ3) is 4.71. The predicted molar refractivity (Wildman–Crippen MR) is 96.0 cm³/mol. The minimum Gasteiger partial charge on any atom is -0.236 e. The first kappa shape index (κ1) is 17.7. The molecule has 0 saturated heterocycles. The molecule has 1 saturated carbocycles. The molecule has 0 amide bonds. The summed E-state index contributed by atoms with van der Waals surface area (Å²) in [7, 11) is 0. The van der Waals surface area contributed by atoms with Crippen LogP contribution in [0.1, 0.15) is 44.1 Å². The van der Waals surface area contributed by atoms with Gasteiger partial charge in [0.1, 0.15) is 0 Å². The average molecular weight is 342 g/mol. The minimum absolute atomic E-state index is 0.424. The Balaban J connectivity index is 1.53. The van der Waals surface area contributed by atoms with Crippen molar-refractivity contribution < 1.29 is 8.78 Å². The van der Waals surface area contributed by atoms with E-state index in [1.165, 1.54) is 31.7 Å². The van der Waals surface area contributed by atoms with Gasteiger partial charge < -0.3 is 0 Å². The fourth-order valence-electron chi connectivity index (χ4n) is 3.63. The maximum absolute atomic E-state index is 13.3. The van der Waals surface area contributed by atoms with Crippen LogP contribution in [0.4, 0.5) is 8.78 Å². The second-order valence-corrected chi connectivity index (χ2v) is 6.99. The molecule has 1 fully saturated rings. The van der Waals surface area contributed by atoms with Gasteiger partial charge in [-0.1, -0.05) is 18.9 Å². The van der Waals surface area contributed by atoms with Gasteiger partial charge in [-0.15, -0.1) is 6.58 Å². The monoisotopic (exact) mass is 342 g/mol. The van der Waals surface area contributed by atoms with E-state index in [1.54, 1.807) is 12.4 Å². The van der Waals surface area contributed by atoms with E-state index in [4.69, 9.17) is 0 Å². The number of rotatable bonds is 6. The van der Waals surface area contributed by atoms with Gasteiger partial charge in [-0.2, -0.15) is 0 Å². The standard InChI is InChI=1S/C21H24F2N2/c1-2-3-15-4-6-16(7-5-15)8-9-17-13-24-21(25-14-17)18-10-11-19(22)20(23)12-18/h2,10-16H,1,3-9H2/t15-,16-. The number of aromatic nitrogens is 2. The number of hydrogen-bond donors (Lipinski definition) is 0. The molecule has 0 bridgehead atoms. The summed E-state index contributed by atoms with van der Waals surface area (Å²) >= 11 is 0. The zero-order valence-electron chi connectivity index (χ0n) is 14.4. The first-order valence-electron chi connectivity index (χ1n) is 9.03. The van der Waals surface area contributed by atoms with Crippen LogP contribution in [0.5, 0.6) is 0 Å². The summed E-state index contributed by atoms with van der Waals surface area (Å²) in [5.74, 6) is 0.299. The van der Waals surface area contributed by atoms with Crippen molar-refractivity contribution in [2.45, 2.75) is 44.9 Å². The third-order valence-corrected chi connectivity index (χ3v) is 5.19. The van der Waals surface area contributed by atoms with E-state index in [9.17, 15) is 8.78 Å². The largest absolute Gasteiger partial charge is 0.236 e. The van der Waals surface area contributed by atoms with Crippen LogP contribution in [-0.2, 0) is 6.42 Å². The van der Waals surface area contributed by atoms with Gasteiger partial charge in [-0.05, 0) is 67.7 Å². The second-order valence-electron chi connectivity index (χ2n) is 6.99. The van der Waals surface area contributed by atoms with Crippen LogP contribution < -0.4 is 0 Å². The molecule has 0 radical (unpaired) electrons. The van der Waals surface area contributed by atoms with E-state index < -0.39 is 11.6 Å². The molecule has 2 aromatic rings. The Kier molecular flexibility index (Phi) is 5.90. The fourth-order valence-corrected chi connectivity index (χ4v) is 3.63. The molecule has 132 valence electrons. The summed E-state index contributed by atoms with van der Waals surface area (Å²) in [5.41, 5.74) is 1.59. The molecule has 1 aromatic carbocycles. The molecule has 4 heteroatoms. The number of allylic oxidation sites excluding steroid dienone is 1. The van der Waals surface area contributed by atoms with Crippen LogP contribution in [0, 0.1) is 23.5 Å². The highest BCUT2D eigenvalue weighted by Gasteiger charge is 2.20. The molecular formula is C21H24F2N2. The Bertz CT molecular complexity index is 704. The molecule has 2 nitrogen and oxygen atoms in total. The molecule has 0 aliphatic heterocycles. The summed E-state index contributed by atoms with van der Waals surface area (Å²) in [4.78, 5) is 8.62. The van der Waals surface area contributed by atoms with Gasteiger partial charge in [0.25, 0.3) is 0 Å². The fraction of sp³-hybridized carbons (Fsp3) is 0.429. The molecule has 1 aliphatic carbocycles. The average Bonchev–Trinajstić information content (AvgIpc) is 2.64. The third-order valence-electron chi connectivity index (χ3n) is 5.19. The van der Waals surface area contributed by atoms with Gasteiger partial charge in [0.05, 0.1) is 0 Å². The van der Waals surface area contributed by atoms with Crippen molar-refractivity contribution >= 4 is 0 Å². The van der Waals surface area contributed by atoms with Crippen molar-refractivity contribution in [1.82, 2.24) is 9.97 Å². The van der Waals surface area contributed by atoms with Crippen LogP contribution in [-0.4, -0.2) is 9.97 Å². The van der Waals surface area contributed by atoms with Crippen LogP contribution >= 0.6 is 0 Å². The van der Waals surface area contributed by atoms with Crippen LogP contribution in [0.15, 0.2) is 43.2 Å². The molecule has 1 heterocycles. The Hall–Kier alpha value is -2.10. The molecule has 0 atom stereocenters. The van der Waals surface area contributed by atoms with E-state index in [0.29, 0.717) is 11.4 Å². The SMILES string of the molecule is C=CC[C@H]1CC[C@H](CCc2cnc(-c3ccc(F)c(F)c3)nc2)CC1. The molecule has 1 aromatic heterocycles. The van der Waals surface area contributed by atoms with E-state index in [1.807, 2.05) is 6.08 Å². The van der Waals surface area contributed by atoms with Crippen LogP contribution in [0.2, 0.25) is 0 Å². The Morgan fingerprint density at radius 3 is 2.32 bits per heavy atom. The number of aryl methyl sites for hydroxylation is 1. The quantitative estimate of drug-likeness (QED) is 0.626. The maximum atomic E-state index is 13.3. The van der Waals surface area contributed by atoms with Gasteiger partial charge in [0, 0.05) is 18.0 Å². The number of nitrogens with zero attached hydrogens (tertiary/aromatic N) is 2. The summed E-state index contributed by atoms with van der Waals surface area (Å²) in [6, 6.07) is 3.73. The Morgan fingerprint density at radius 2 is 1.68 bits per heavy atom. The van der Waals surface area contributed by atoms with Crippen molar-refractivity contribution in [2.24, 2.45) is 11.8 Å². The second kappa shape index (κ2) is 8.32. The Labute approximate surface area is 148 Å². The van der Waals surface area contributed by atoms with Crippen LogP contribution in [0.3, 0.4) is 0 Å². The van der Waals surface area contributed by atoms with E-state index in [0.717, 1.165) is 48.8 Å². The maximum Gasteiger partial charge on any atom is 0.159 e. The lowest BCUT2D eigenvalue weighted by atomic mass is 9.78. The molecule has 3 rings (SSSR count). The first-order valence-corrected chi connectivity index (χ1v) is 9.03. The highest BCUT2D eigenvalue weighted by molar-refractivity contribution is 5.54. The minimum atomic E-state index is -0.878. The van der Waals surface area contributed by atoms with Crippen LogP contribution in [0.25, 0.3) is 11.4 Å². The van der Waals surface area contributed by atoms with Crippen molar-refractivity contribution in [3.05, 3.63) is 60.4 Å². The zero-order valence-corrected chi connectivity index (χ0v) is 14.4. The lowest BCUT2D eigenvalue weighted by Gasteiger charge is -2.27. The summed E-state index contributed by atoms with van der Waals surface area (Å²) in [6.45, 7) is 3.83. The van der Waals surface area contributed by atoms with Crippen molar-refractivity contribution in [3.63, 3.8) is 0 Å². The Morgan fingerprint density at radius 1 is 1.00 bits per heavy atom. The normalized spacial score (nSPS) is 20.4. The highest BCUT2D eigenvalue weighted by Crippen LogP contribution is 2.33. The van der Waals surface area contributed by atoms with E-state index in [-0.39, 0.29) is 0 Å². The smallest absolute Gasteiger partial charge is 0.159 e. The number of halogens is 2.